The van der Waals surface area contributed by atoms with Gasteiger partial charge in [-0.1, -0.05) is 6.08 Å². The first-order valence-electron chi connectivity index (χ1n) is 5.46. The van der Waals surface area contributed by atoms with E-state index in [1.54, 1.807) is 18.0 Å². The van der Waals surface area contributed by atoms with E-state index in [0.717, 1.165) is 16.5 Å². The number of pyridine rings is 2. The van der Waals surface area contributed by atoms with Crippen molar-refractivity contribution in [3.05, 3.63) is 47.4 Å². The highest BCUT2D eigenvalue weighted by Gasteiger charge is 2.39. The van der Waals surface area contributed by atoms with Crippen molar-refractivity contribution in [2.24, 2.45) is 5.92 Å². The Morgan fingerprint density at radius 1 is 1.18 bits per heavy atom. The van der Waals surface area contributed by atoms with Crippen LogP contribution in [0.2, 0.25) is 0 Å². The molecule has 0 saturated carbocycles. The third kappa shape index (κ3) is 1.11. The van der Waals surface area contributed by atoms with E-state index in [2.05, 4.69) is 9.97 Å². The average Bonchev–Trinajstić information content (AvgIpc) is 2.85. The minimum atomic E-state index is -0.0829. The van der Waals surface area contributed by atoms with Gasteiger partial charge in [0.1, 0.15) is 5.69 Å². The fraction of sp³-hybridized carbons (Fsp3) is 0.154. The van der Waals surface area contributed by atoms with Crippen LogP contribution in [-0.4, -0.2) is 15.8 Å². The quantitative estimate of drug-likeness (QED) is 0.710. The SMILES string of the molecule is O=C1c2nccc3ccnc(c23)C2SC=CC12. The van der Waals surface area contributed by atoms with Crippen molar-refractivity contribution in [1.82, 2.24) is 9.97 Å². The first kappa shape index (κ1) is 9.36. The molecule has 2 aromatic heterocycles. The van der Waals surface area contributed by atoms with Crippen LogP contribution in [0.25, 0.3) is 10.8 Å². The normalized spacial score (nSPS) is 25.3. The van der Waals surface area contributed by atoms with Crippen LogP contribution in [0.1, 0.15) is 21.4 Å². The lowest BCUT2D eigenvalue weighted by Crippen LogP contribution is -2.24. The predicted molar refractivity (Wildman–Crippen MR) is 66.8 cm³/mol. The summed E-state index contributed by atoms with van der Waals surface area (Å²) in [5, 5.41) is 4.14. The summed E-state index contributed by atoms with van der Waals surface area (Å²) in [7, 11) is 0. The number of carbonyl (C=O) groups excluding carboxylic acids is 1. The lowest BCUT2D eigenvalue weighted by atomic mass is 9.86. The fourth-order valence-electron chi connectivity index (χ4n) is 2.57. The maximum absolute atomic E-state index is 12.3. The largest absolute Gasteiger partial charge is 0.292 e. The Balaban J connectivity index is 2.16. The Kier molecular flexibility index (Phi) is 1.74. The molecule has 0 spiro atoms. The van der Waals surface area contributed by atoms with Crippen molar-refractivity contribution in [2.45, 2.75) is 5.25 Å². The van der Waals surface area contributed by atoms with Crippen molar-refractivity contribution in [3.63, 3.8) is 0 Å². The Morgan fingerprint density at radius 3 is 2.88 bits per heavy atom. The maximum Gasteiger partial charge on any atom is 0.190 e. The summed E-state index contributed by atoms with van der Waals surface area (Å²) in [5.74, 6) is 0.0443. The van der Waals surface area contributed by atoms with Crippen LogP contribution in [0.15, 0.2) is 36.0 Å². The molecular weight excluding hydrogens is 232 g/mol. The minimum Gasteiger partial charge on any atom is -0.292 e. The molecule has 0 aromatic carbocycles. The highest BCUT2D eigenvalue weighted by molar-refractivity contribution is 8.02. The molecule has 2 aliphatic rings. The highest BCUT2D eigenvalue weighted by atomic mass is 32.2. The van der Waals surface area contributed by atoms with Crippen LogP contribution in [-0.2, 0) is 0 Å². The van der Waals surface area contributed by atoms with Gasteiger partial charge in [0.05, 0.1) is 16.9 Å². The third-order valence-corrected chi connectivity index (χ3v) is 4.47. The van der Waals surface area contributed by atoms with Gasteiger partial charge in [-0.3, -0.25) is 14.8 Å². The molecule has 1 aliphatic heterocycles. The lowest BCUT2D eigenvalue weighted by Gasteiger charge is -2.24. The standard InChI is InChI=1S/C13H8N2OS/c16-12-8-3-6-17-13(8)11-9-7(2-5-15-11)1-4-14-10(9)12/h1-6,8,13H. The number of rotatable bonds is 0. The maximum atomic E-state index is 12.3. The van der Waals surface area contributed by atoms with E-state index < -0.39 is 0 Å². The molecule has 4 heteroatoms. The van der Waals surface area contributed by atoms with Gasteiger partial charge in [-0.25, -0.2) is 0 Å². The zero-order chi connectivity index (χ0) is 11.4. The topological polar surface area (TPSA) is 42.9 Å². The molecule has 1 aliphatic carbocycles. The second-order valence-corrected chi connectivity index (χ2v) is 5.28. The first-order chi connectivity index (χ1) is 8.36. The van der Waals surface area contributed by atoms with Crippen LogP contribution >= 0.6 is 11.8 Å². The number of hydrogen-bond acceptors (Lipinski definition) is 4. The van der Waals surface area contributed by atoms with Crippen molar-refractivity contribution in [1.29, 1.82) is 0 Å². The number of nitrogens with zero attached hydrogens (tertiary/aromatic N) is 2. The Bertz CT molecular complexity index is 675. The van der Waals surface area contributed by atoms with Crippen LogP contribution < -0.4 is 0 Å². The molecule has 0 fully saturated rings. The van der Waals surface area contributed by atoms with Crippen LogP contribution in [0.5, 0.6) is 0 Å². The van der Waals surface area contributed by atoms with Gasteiger partial charge in [0.25, 0.3) is 0 Å². The molecule has 17 heavy (non-hydrogen) atoms. The number of thioether (sulfide) groups is 1. The van der Waals surface area contributed by atoms with E-state index in [0.29, 0.717) is 5.69 Å². The summed E-state index contributed by atoms with van der Waals surface area (Å²) in [4.78, 5) is 21.0. The minimum absolute atomic E-state index is 0.0829. The Hall–Kier alpha value is -1.68. The smallest absolute Gasteiger partial charge is 0.190 e. The zero-order valence-corrected chi connectivity index (χ0v) is 9.65. The first-order valence-corrected chi connectivity index (χ1v) is 6.40. The van der Waals surface area contributed by atoms with Crippen LogP contribution in [0.3, 0.4) is 0 Å². The molecule has 0 N–H and O–H groups in total. The summed E-state index contributed by atoms with van der Waals surface area (Å²) in [6.07, 6.45) is 5.48. The number of hydrogen-bond donors (Lipinski definition) is 0. The van der Waals surface area contributed by atoms with Gasteiger partial charge in [0, 0.05) is 17.8 Å². The number of allylic oxidation sites excluding steroid dienone is 1. The summed E-state index contributed by atoms with van der Waals surface area (Å²) in [6.45, 7) is 0. The molecule has 4 rings (SSSR count). The number of fused-ring (bicyclic) bond motifs is 2. The molecule has 2 aromatic rings. The lowest BCUT2D eigenvalue weighted by molar-refractivity contribution is 0.0937. The van der Waals surface area contributed by atoms with E-state index in [-0.39, 0.29) is 17.0 Å². The number of carbonyl (C=O) groups is 1. The van der Waals surface area contributed by atoms with Gasteiger partial charge in [-0.15, -0.1) is 11.8 Å². The molecular formula is C13H8N2OS. The monoisotopic (exact) mass is 240 g/mol. The van der Waals surface area contributed by atoms with Gasteiger partial charge in [0.2, 0.25) is 0 Å². The molecule has 2 unspecified atom stereocenters. The van der Waals surface area contributed by atoms with Crippen LogP contribution in [0.4, 0.5) is 0 Å². The van der Waals surface area contributed by atoms with Crippen LogP contribution in [0, 0.1) is 5.92 Å². The third-order valence-electron chi connectivity index (χ3n) is 3.35. The van der Waals surface area contributed by atoms with Gasteiger partial charge < -0.3 is 0 Å². The second kappa shape index (κ2) is 3.17. The van der Waals surface area contributed by atoms with Crippen molar-refractivity contribution >= 4 is 28.3 Å². The summed E-state index contributed by atoms with van der Waals surface area (Å²) >= 11 is 1.68. The zero-order valence-electron chi connectivity index (χ0n) is 8.83. The van der Waals surface area contributed by atoms with Gasteiger partial charge in [-0.05, 0) is 22.9 Å². The van der Waals surface area contributed by atoms with Crippen molar-refractivity contribution < 1.29 is 4.79 Å². The van der Waals surface area contributed by atoms with E-state index in [4.69, 9.17) is 0 Å². The van der Waals surface area contributed by atoms with Crippen molar-refractivity contribution in [2.75, 3.05) is 0 Å². The Morgan fingerprint density at radius 2 is 2.00 bits per heavy atom. The van der Waals surface area contributed by atoms with E-state index in [1.807, 2.05) is 29.8 Å². The van der Waals surface area contributed by atoms with Crippen molar-refractivity contribution in [3.8, 4) is 0 Å². The van der Waals surface area contributed by atoms with Gasteiger partial charge in [0.15, 0.2) is 5.78 Å². The number of ketones is 1. The predicted octanol–water partition coefficient (Wildman–Crippen LogP) is 2.74. The van der Waals surface area contributed by atoms with Gasteiger partial charge in [-0.2, -0.15) is 0 Å². The molecule has 2 atom stereocenters. The molecule has 0 radical (unpaired) electrons. The molecule has 3 nitrogen and oxygen atoms in total. The molecule has 0 saturated heterocycles. The van der Waals surface area contributed by atoms with E-state index >= 15 is 0 Å². The Labute approximate surface area is 102 Å². The summed E-state index contributed by atoms with van der Waals surface area (Å²) in [5.41, 5.74) is 1.59. The fourth-order valence-corrected chi connectivity index (χ4v) is 3.69. The van der Waals surface area contributed by atoms with Gasteiger partial charge >= 0.3 is 0 Å². The second-order valence-electron chi connectivity index (χ2n) is 4.23. The number of aromatic nitrogens is 2. The summed E-state index contributed by atoms with van der Waals surface area (Å²) < 4.78 is 0. The highest BCUT2D eigenvalue weighted by Crippen LogP contribution is 2.48. The number of Topliss-reactive ketones (excluding diaryl/α,β-unsaturated/α-hetero) is 1. The average molecular weight is 240 g/mol. The molecule has 3 heterocycles. The summed E-state index contributed by atoms with van der Waals surface area (Å²) in [6, 6.07) is 3.87. The van der Waals surface area contributed by atoms with E-state index in [9.17, 15) is 4.79 Å². The molecule has 82 valence electrons. The molecule has 0 amide bonds. The molecule has 0 bridgehead atoms. The van der Waals surface area contributed by atoms with E-state index in [1.165, 1.54) is 0 Å².